The first-order valence-corrected chi connectivity index (χ1v) is 10.2. The number of anilines is 1. The van der Waals surface area contributed by atoms with Crippen LogP contribution in [0.25, 0.3) is 0 Å². The second-order valence-electron chi connectivity index (χ2n) is 6.32. The molecule has 0 saturated heterocycles. The molecule has 0 radical (unpaired) electrons. The second-order valence-corrected chi connectivity index (χ2v) is 8.30. The van der Waals surface area contributed by atoms with Crippen LogP contribution in [0, 0.1) is 5.92 Å². The van der Waals surface area contributed by atoms with Crippen LogP contribution in [0.3, 0.4) is 0 Å². The van der Waals surface area contributed by atoms with Crippen molar-refractivity contribution in [2.45, 2.75) is 43.6 Å². The van der Waals surface area contributed by atoms with Crippen LogP contribution in [-0.4, -0.2) is 40.0 Å². The number of urea groups is 1. The Kier molecular flexibility index (Phi) is 6.62. The number of para-hydroxylation sites is 1. The first-order chi connectivity index (χ1) is 11.4. The number of hydrogen-bond acceptors (Lipinski definition) is 4. The van der Waals surface area contributed by atoms with E-state index in [0.717, 1.165) is 12.7 Å². The molecule has 1 fully saturated rings. The fraction of sp³-hybridized carbons (Fsp3) is 0.588. The Balaban J connectivity index is 1.78. The highest BCUT2D eigenvalue weighted by molar-refractivity contribution is 7.90. The van der Waals surface area contributed by atoms with Gasteiger partial charge in [0, 0.05) is 12.8 Å². The van der Waals surface area contributed by atoms with Crippen molar-refractivity contribution in [3.05, 3.63) is 24.3 Å². The topological polar surface area (TPSA) is 84.5 Å². The molecule has 2 rings (SSSR count). The summed E-state index contributed by atoms with van der Waals surface area (Å²) in [6, 6.07) is 5.90. The Morgan fingerprint density at radius 2 is 1.96 bits per heavy atom. The van der Waals surface area contributed by atoms with E-state index in [-0.39, 0.29) is 16.7 Å². The van der Waals surface area contributed by atoms with Gasteiger partial charge in [0.15, 0.2) is 9.84 Å². The van der Waals surface area contributed by atoms with Crippen LogP contribution in [0.4, 0.5) is 10.5 Å². The number of carbonyl (C=O) groups excluding carboxylic acids is 1. The third-order valence-electron chi connectivity index (χ3n) is 4.29. The molecule has 0 spiro atoms. The Morgan fingerprint density at radius 3 is 2.67 bits per heavy atom. The fourth-order valence-electron chi connectivity index (χ4n) is 2.96. The Morgan fingerprint density at radius 1 is 1.25 bits per heavy atom. The molecule has 2 N–H and O–H groups in total. The number of amides is 2. The zero-order valence-corrected chi connectivity index (χ0v) is 15.1. The van der Waals surface area contributed by atoms with Crippen molar-refractivity contribution >= 4 is 21.6 Å². The lowest BCUT2D eigenvalue weighted by molar-refractivity contribution is -0.00232. The van der Waals surface area contributed by atoms with Crippen molar-refractivity contribution in [2.75, 3.05) is 24.7 Å². The van der Waals surface area contributed by atoms with Crippen molar-refractivity contribution in [2.24, 2.45) is 5.92 Å². The maximum Gasteiger partial charge on any atom is 0.319 e. The third kappa shape index (κ3) is 5.49. The van der Waals surface area contributed by atoms with Crippen molar-refractivity contribution in [1.82, 2.24) is 5.32 Å². The smallest absolute Gasteiger partial charge is 0.319 e. The van der Waals surface area contributed by atoms with Gasteiger partial charge in [0.2, 0.25) is 0 Å². The lowest BCUT2D eigenvalue weighted by Crippen LogP contribution is -2.34. The SMILES string of the molecule is C[C@@H]1CCCC[C@@H]1OCCNC(=O)Nc1ccccc1S(C)(=O)=O. The molecule has 1 aliphatic rings. The molecule has 2 amide bonds. The summed E-state index contributed by atoms with van der Waals surface area (Å²) in [4.78, 5) is 12.0. The van der Waals surface area contributed by atoms with Crippen molar-refractivity contribution < 1.29 is 17.9 Å². The number of sulfone groups is 1. The molecule has 1 aromatic carbocycles. The molecule has 0 bridgehead atoms. The maximum absolute atomic E-state index is 11.9. The highest BCUT2D eigenvalue weighted by Gasteiger charge is 2.21. The van der Waals surface area contributed by atoms with Crippen LogP contribution in [0.15, 0.2) is 29.2 Å². The summed E-state index contributed by atoms with van der Waals surface area (Å²) in [5.41, 5.74) is 0.277. The van der Waals surface area contributed by atoms with Crippen LogP contribution < -0.4 is 10.6 Å². The van der Waals surface area contributed by atoms with Gasteiger partial charge >= 0.3 is 6.03 Å². The van der Waals surface area contributed by atoms with Crippen LogP contribution in [0.1, 0.15) is 32.6 Å². The summed E-state index contributed by atoms with van der Waals surface area (Å²) in [6.07, 6.45) is 6.13. The van der Waals surface area contributed by atoms with Gasteiger partial charge in [-0.1, -0.05) is 31.9 Å². The highest BCUT2D eigenvalue weighted by Crippen LogP contribution is 2.26. The average Bonchev–Trinajstić information content (AvgIpc) is 2.52. The Bertz CT molecular complexity index is 660. The van der Waals surface area contributed by atoms with Gasteiger partial charge in [-0.2, -0.15) is 0 Å². The van der Waals surface area contributed by atoms with E-state index >= 15 is 0 Å². The van der Waals surface area contributed by atoms with Crippen LogP contribution in [-0.2, 0) is 14.6 Å². The van der Waals surface area contributed by atoms with Gasteiger partial charge in [-0.3, -0.25) is 0 Å². The normalized spacial score (nSPS) is 21.2. The minimum Gasteiger partial charge on any atom is -0.376 e. The first kappa shape index (κ1) is 18.7. The van der Waals surface area contributed by atoms with Gasteiger partial charge in [-0.05, 0) is 30.9 Å². The zero-order valence-electron chi connectivity index (χ0n) is 14.2. The largest absolute Gasteiger partial charge is 0.376 e. The van der Waals surface area contributed by atoms with Gasteiger partial charge in [0.1, 0.15) is 0 Å². The summed E-state index contributed by atoms with van der Waals surface area (Å²) in [6.45, 7) is 3.04. The molecule has 24 heavy (non-hydrogen) atoms. The average molecular weight is 354 g/mol. The molecular weight excluding hydrogens is 328 g/mol. The summed E-state index contributed by atoms with van der Waals surface area (Å²) >= 11 is 0. The number of hydrogen-bond donors (Lipinski definition) is 2. The van der Waals surface area contributed by atoms with Gasteiger partial charge in [0.25, 0.3) is 0 Å². The van der Waals surface area contributed by atoms with E-state index in [2.05, 4.69) is 17.6 Å². The van der Waals surface area contributed by atoms with E-state index in [4.69, 9.17) is 4.74 Å². The van der Waals surface area contributed by atoms with E-state index in [9.17, 15) is 13.2 Å². The molecule has 6 nitrogen and oxygen atoms in total. The molecule has 0 aliphatic heterocycles. The van der Waals surface area contributed by atoms with Gasteiger partial charge in [0.05, 0.1) is 23.3 Å². The minimum atomic E-state index is -3.39. The Hall–Kier alpha value is -1.60. The molecule has 0 unspecified atom stereocenters. The lowest BCUT2D eigenvalue weighted by Gasteiger charge is -2.28. The van der Waals surface area contributed by atoms with E-state index in [1.54, 1.807) is 18.2 Å². The maximum atomic E-state index is 11.9. The standard InChI is InChI=1S/C17H26N2O4S/c1-13-7-3-5-9-15(13)23-12-11-18-17(20)19-14-8-4-6-10-16(14)24(2,21)22/h4,6,8,10,13,15H,3,5,7,9,11-12H2,1-2H3,(H2,18,19,20)/t13-,15+/m1/s1. The van der Waals surface area contributed by atoms with Crippen molar-refractivity contribution in [3.8, 4) is 0 Å². The van der Waals surface area contributed by atoms with Crippen molar-refractivity contribution in [3.63, 3.8) is 0 Å². The van der Waals surface area contributed by atoms with E-state index < -0.39 is 15.9 Å². The molecule has 1 saturated carbocycles. The zero-order chi connectivity index (χ0) is 17.6. The number of ether oxygens (including phenoxy) is 1. The molecule has 1 aromatic rings. The molecule has 1 aliphatic carbocycles. The molecular formula is C17H26N2O4S. The van der Waals surface area contributed by atoms with Crippen LogP contribution in [0.2, 0.25) is 0 Å². The lowest BCUT2D eigenvalue weighted by atomic mass is 9.88. The molecule has 0 aromatic heterocycles. The predicted molar refractivity (Wildman–Crippen MR) is 93.9 cm³/mol. The second kappa shape index (κ2) is 8.48. The van der Waals surface area contributed by atoms with Gasteiger partial charge in [-0.15, -0.1) is 0 Å². The van der Waals surface area contributed by atoms with E-state index in [0.29, 0.717) is 19.1 Å². The summed E-state index contributed by atoms with van der Waals surface area (Å²) in [5.74, 6) is 0.564. The first-order valence-electron chi connectivity index (χ1n) is 8.33. The van der Waals surface area contributed by atoms with Crippen molar-refractivity contribution in [1.29, 1.82) is 0 Å². The van der Waals surface area contributed by atoms with Crippen LogP contribution >= 0.6 is 0 Å². The minimum absolute atomic E-state index is 0.104. The number of rotatable bonds is 6. The molecule has 134 valence electrons. The Labute approximate surface area is 143 Å². The predicted octanol–water partition coefficient (Wildman–Crippen LogP) is 2.81. The fourth-order valence-corrected chi connectivity index (χ4v) is 3.81. The number of nitrogens with one attached hydrogen (secondary N) is 2. The summed E-state index contributed by atoms with van der Waals surface area (Å²) < 4.78 is 29.3. The molecule has 7 heteroatoms. The third-order valence-corrected chi connectivity index (χ3v) is 5.44. The van der Waals surface area contributed by atoms with E-state index in [1.807, 2.05) is 0 Å². The van der Waals surface area contributed by atoms with Crippen LogP contribution in [0.5, 0.6) is 0 Å². The highest BCUT2D eigenvalue weighted by atomic mass is 32.2. The summed E-state index contributed by atoms with van der Waals surface area (Å²) in [5, 5.41) is 5.27. The number of carbonyl (C=O) groups is 1. The summed E-state index contributed by atoms with van der Waals surface area (Å²) in [7, 11) is -3.39. The van der Waals surface area contributed by atoms with Gasteiger partial charge in [-0.25, -0.2) is 13.2 Å². The quantitative estimate of drug-likeness (QED) is 0.769. The molecule has 2 atom stereocenters. The van der Waals surface area contributed by atoms with E-state index in [1.165, 1.54) is 25.3 Å². The van der Waals surface area contributed by atoms with Gasteiger partial charge < -0.3 is 15.4 Å². The molecule has 0 heterocycles. The number of benzene rings is 1. The monoisotopic (exact) mass is 354 g/mol.